The van der Waals surface area contributed by atoms with Crippen LogP contribution < -0.4 is 5.32 Å². The van der Waals surface area contributed by atoms with Gasteiger partial charge < -0.3 is 15.1 Å². The highest BCUT2D eigenvalue weighted by Crippen LogP contribution is 2.20. The van der Waals surface area contributed by atoms with Gasteiger partial charge in [0.15, 0.2) is 9.84 Å². The zero-order valence-corrected chi connectivity index (χ0v) is 17.8. The number of nitrogens with zero attached hydrogens (tertiary/aromatic N) is 3. The first-order chi connectivity index (χ1) is 12.7. The molecule has 1 aromatic rings. The van der Waals surface area contributed by atoms with Gasteiger partial charge in [0, 0.05) is 35.5 Å². The van der Waals surface area contributed by atoms with Crippen molar-refractivity contribution in [1.29, 1.82) is 5.26 Å². The highest BCUT2D eigenvalue weighted by molar-refractivity contribution is 9.10. The molecule has 1 heterocycles. The average molecular weight is 455 g/mol. The summed E-state index contributed by atoms with van der Waals surface area (Å²) in [5, 5.41) is 12.1. The number of amides is 1. The van der Waals surface area contributed by atoms with Gasteiger partial charge in [-0.15, -0.1) is 0 Å². The largest absolute Gasteiger partial charge is 0.371 e. The van der Waals surface area contributed by atoms with Gasteiger partial charge in [0.1, 0.15) is 11.6 Å². The normalized spacial score (nSPS) is 18.9. The molecule has 0 radical (unpaired) electrons. The van der Waals surface area contributed by atoms with Crippen molar-refractivity contribution in [3.8, 4) is 6.07 Å². The van der Waals surface area contributed by atoms with E-state index in [1.165, 1.54) is 6.20 Å². The van der Waals surface area contributed by atoms with Gasteiger partial charge >= 0.3 is 0 Å². The minimum absolute atomic E-state index is 0.0456. The molecule has 0 bridgehead atoms. The molecule has 0 aromatic heterocycles. The molecule has 7 nitrogen and oxygen atoms in total. The molecule has 2 rings (SSSR count). The summed E-state index contributed by atoms with van der Waals surface area (Å²) in [6.45, 7) is 1.21. The van der Waals surface area contributed by atoms with Crippen molar-refractivity contribution in [3.05, 3.63) is 40.5 Å². The van der Waals surface area contributed by atoms with Crippen LogP contribution >= 0.6 is 15.9 Å². The minimum atomic E-state index is -3.07. The Morgan fingerprint density at radius 1 is 1.33 bits per heavy atom. The third-order valence-electron chi connectivity index (χ3n) is 4.24. The van der Waals surface area contributed by atoms with E-state index in [0.717, 1.165) is 4.47 Å². The van der Waals surface area contributed by atoms with Gasteiger partial charge in [-0.3, -0.25) is 4.79 Å². The lowest BCUT2D eigenvalue weighted by molar-refractivity contribution is -0.112. The van der Waals surface area contributed by atoms with E-state index in [-0.39, 0.29) is 23.1 Å². The number of hydrogen-bond donors (Lipinski definition) is 1. The van der Waals surface area contributed by atoms with E-state index in [2.05, 4.69) is 21.2 Å². The summed E-state index contributed by atoms with van der Waals surface area (Å²) in [4.78, 5) is 16.3. The Kier molecular flexibility index (Phi) is 7.41. The number of hydrogen-bond acceptors (Lipinski definition) is 6. The number of sulfone groups is 1. The van der Waals surface area contributed by atoms with Gasteiger partial charge in [-0.2, -0.15) is 5.26 Å². The number of anilines is 1. The van der Waals surface area contributed by atoms with Crippen LogP contribution in [0.4, 0.5) is 5.69 Å². The summed E-state index contributed by atoms with van der Waals surface area (Å²) >= 11 is 3.33. The topological polar surface area (TPSA) is 93.5 Å². The van der Waals surface area contributed by atoms with E-state index in [1.807, 2.05) is 30.0 Å². The van der Waals surface area contributed by atoms with E-state index in [0.29, 0.717) is 25.2 Å². The van der Waals surface area contributed by atoms with Crippen molar-refractivity contribution < 1.29 is 13.2 Å². The second kappa shape index (κ2) is 9.35. The fraction of sp³-hybridized carbons (Fsp3) is 0.444. The van der Waals surface area contributed by atoms with E-state index in [4.69, 9.17) is 0 Å². The SMILES string of the molecule is CN(C)CCN(/C=C(/C#N)C(=O)Nc1ccc(Br)cc1)C1CCS(=O)(=O)C1. The number of nitriles is 1. The van der Waals surface area contributed by atoms with E-state index in [1.54, 1.807) is 24.3 Å². The quantitative estimate of drug-likeness (QED) is 0.498. The van der Waals surface area contributed by atoms with Crippen molar-refractivity contribution in [2.45, 2.75) is 12.5 Å². The van der Waals surface area contributed by atoms with Crippen molar-refractivity contribution in [2.24, 2.45) is 0 Å². The Bertz CT molecular complexity index is 844. The Hall–Kier alpha value is -1.89. The number of carbonyl (C=O) groups excluding carboxylic acids is 1. The Morgan fingerprint density at radius 2 is 2.00 bits per heavy atom. The third-order valence-corrected chi connectivity index (χ3v) is 6.52. The molecule has 1 fully saturated rings. The minimum Gasteiger partial charge on any atom is -0.371 e. The third kappa shape index (κ3) is 6.65. The lowest BCUT2D eigenvalue weighted by Gasteiger charge is -2.28. The number of halogens is 1. The molecule has 1 aromatic carbocycles. The Balaban J connectivity index is 2.18. The first kappa shape index (κ1) is 21.4. The van der Waals surface area contributed by atoms with Crippen molar-refractivity contribution >= 4 is 37.4 Å². The fourth-order valence-electron chi connectivity index (χ4n) is 2.74. The van der Waals surface area contributed by atoms with E-state index in [9.17, 15) is 18.5 Å². The fourth-order valence-corrected chi connectivity index (χ4v) is 4.75. The number of benzene rings is 1. The van der Waals surface area contributed by atoms with Crippen LogP contribution in [0, 0.1) is 11.3 Å². The summed E-state index contributed by atoms with van der Waals surface area (Å²) < 4.78 is 24.6. The van der Waals surface area contributed by atoms with Gasteiger partial charge in [0.25, 0.3) is 5.91 Å². The number of carbonyl (C=O) groups is 1. The molecule has 0 saturated carbocycles. The molecule has 1 unspecified atom stereocenters. The summed E-state index contributed by atoms with van der Waals surface area (Å²) in [6, 6.07) is 8.74. The second-order valence-corrected chi connectivity index (χ2v) is 9.86. The van der Waals surface area contributed by atoms with Crippen molar-refractivity contribution in [2.75, 3.05) is 44.0 Å². The molecule has 1 N–H and O–H groups in total. The lowest BCUT2D eigenvalue weighted by Crippen LogP contribution is -2.37. The Morgan fingerprint density at radius 3 is 2.52 bits per heavy atom. The van der Waals surface area contributed by atoms with Gasteiger partial charge in [-0.25, -0.2) is 8.42 Å². The van der Waals surface area contributed by atoms with Crippen LogP contribution in [0.15, 0.2) is 40.5 Å². The predicted molar refractivity (Wildman–Crippen MR) is 109 cm³/mol. The van der Waals surface area contributed by atoms with Crippen LogP contribution in [0.5, 0.6) is 0 Å². The van der Waals surface area contributed by atoms with Gasteiger partial charge in [0.05, 0.1) is 11.5 Å². The average Bonchev–Trinajstić information content (AvgIpc) is 2.96. The van der Waals surface area contributed by atoms with E-state index >= 15 is 0 Å². The van der Waals surface area contributed by atoms with E-state index < -0.39 is 15.7 Å². The van der Waals surface area contributed by atoms with Gasteiger partial charge in [0.2, 0.25) is 0 Å². The lowest BCUT2D eigenvalue weighted by atomic mass is 10.2. The van der Waals surface area contributed by atoms with Crippen molar-refractivity contribution in [3.63, 3.8) is 0 Å². The maximum absolute atomic E-state index is 12.5. The first-order valence-electron chi connectivity index (χ1n) is 8.50. The molecule has 0 spiro atoms. The summed E-state index contributed by atoms with van der Waals surface area (Å²) in [5.41, 5.74) is 0.522. The first-order valence-corrected chi connectivity index (χ1v) is 11.1. The van der Waals surface area contributed by atoms with Crippen LogP contribution in [0.3, 0.4) is 0 Å². The van der Waals surface area contributed by atoms with Crippen molar-refractivity contribution in [1.82, 2.24) is 9.80 Å². The van der Waals surface area contributed by atoms with Crippen LogP contribution in [0.25, 0.3) is 0 Å². The molecule has 1 saturated heterocycles. The maximum Gasteiger partial charge on any atom is 0.267 e. The molecule has 1 atom stereocenters. The summed E-state index contributed by atoms with van der Waals surface area (Å²) in [6.07, 6.45) is 1.99. The van der Waals surface area contributed by atoms with Gasteiger partial charge in [-0.05, 0) is 44.8 Å². The van der Waals surface area contributed by atoms with Crippen LogP contribution in [0.2, 0.25) is 0 Å². The Labute approximate surface area is 168 Å². The zero-order valence-electron chi connectivity index (χ0n) is 15.4. The molecular weight excluding hydrogens is 432 g/mol. The molecule has 27 heavy (non-hydrogen) atoms. The van der Waals surface area contributed by atoms with Crippen LogP contribution in [-0.2, 0) is 14.6 Å². The van der Waals surface area contributed by atoms with Crippen LogP contribution in [-0.4, -0.2) is 68.9 Å². The summed E-state index contributed by atoms with van der Waals surface area (Å²) in [7, 11) is 0.764. The number of likely N-dealkylation sites (N-methyl/N-ethyl adjacent to an activating group) is 1. The molecule has 9 heteroatoms. The monoisotopic (exact) mass is 454 g/mol. The summed E-state index contributed by atoms with van der Waals surface area (Å²) in [5.74, 6) is -0.337. The standard InChI is InChI=1S/C18H23BrN4O3S/c1-22(2)8-9-23(17-7-10-27(25,26)13-17)12-14(11-20)18(24)21-16-5-3-15(19)4-6-16/h3-6,12,17H,7-10,13H2,1-2H3,(H,21,24)/b14-12-. The smallest absolute Gasteiger partial charge is 0.267 e. The number of nitrogens with one attached hydrogen (secondary N) is 1. The number of rotatable bonds is 7. The zero-order chi connectivity index (χ0) is 20.0. The predicted octanol–water partition coefficient (Wildman–Crippen LogP) is 1.85. The van der Waals surface area contributed by atoms with Crippen LogP contribution in [0.1, 0.15) is 6.42 Å². The molecule has 1 aliphatic heterocycles. The highest BCUT2D eigenvalue weighted by atomic mass is 79.9. The maximum atomic E-state index is 12.5. The second-order valence-electron chi connectivity index (χ2n) is 6.71. The molecular formula is C18H23BrN4O3S. The molecule has 0 aliphatic carbocycles. The molecule has 1 aliphatic rings. The highest BCUT2D eigenvalue weighted by Gasteiger charge is 2.31. The molecule has 146 valence electrons. The van der Waals surface area contributed by atoms with Gasteiger partial charge in [-0.1, -0.05) is 15.9 Å². The molecule has 1 amide bonds.